The molecule has 2 aliphatic carbocycles. The average Bonchev–Trinajstić information content (AvgIpc) is 3.14. The molecule has 3 aliphatic rings. The number of rotatable bonds is 6. The lowest BCUT2D eigenvalue weighted by Crippen LogP contribution is -2.41. The maximum atomic E-state index is 12.3. The van der Waals surface area contributed by atoms with Crippen LogP contribution in [0.5, 0.6) is 0 Å². The number of hydrogen-bond donors (Lipinski definition) is 3. The molecule has 0 aromatic rings. The molecule has 6 heteroatoms. The number of aliphatic hydroxyl groups excluding tert-OH is 1. The van der Waals surface area contributed by atoms with Crippen molar-refractivity contribution in [3.63, 3.8) is 0 Å². The molecule has 140 valence electrons. The fourth-order valence-electron chi connectivity index (χ4n) is 3.92. The quantitative estimate of drug-likeness (QED) is 0.635. The summed E-state index contributed by atoms with van der Waals surface area (Å²) in [5.74, 6) is -0.0726. The molecular weight excluding hydrogens is 320 g/mol. The van der Waals surface area contributed by atoms with Gasteiger partial charge >= 0.3 is 0 Å². The zero-order valence-electron chi connectivity index (χ0n) is 15.1. The average molecular weight is 350 g/mol. The lowest BCUT2D eigenvalue weighted by Gasteiger charge is -2.22. The fourth-order valence-corrected chi connectivity index (χ4v) is 3.92. The summed E-state index contributed by atoms with van der Waals surface area (Å²) in [5.41, 5.74) is 2.02. The van der Waals surface area contributed by atoms with Gasteiger partial charge in [-0.25, -0.2) is 0 Å². The van der Waals surface area contributed by atoms with Crippen molar-refractivity contribution in [2.45, 2.75) is 89.0 Å². The molecule has 0 radical (unpaired) electrons. The van der Waals surface area contributed by atoms with E-state index in [2.05, 4.69) is 10.6 Å². The number of carbonyl (C=O) groups is 2. The number of amides is 2. The number of hydrogen-bond acceptors (Lipinski definition) is 4. The molecule has 0 aromatic carbocycles. The Labute approximate surface area is 149 Å². The lowest BCUT2D eigenvalue weighted by molar-refractivity contribution is -0.122. The van der Waals surface area contributed by atoms with Crippen LogP contribution in [0.15, 0.2) is 11.1 Å². The zero-order valence-corrected chi connectivity index (χ0v) is 15.1. The van der Waals surface area contributed by atoms with Gasteiger partial charge in [-0.15, -0.1) is 0 Å². The van der Waals surface area contributed by atoms with Crippen molar-refractivity contribution in [3.8, 4) is 0 Å². The van der Waals surface area contributed by atoms with Crippen molar-refractivity contribution in [1.82, 2.24) is 10.6 Å². The second-order valence-electron chi connectivity index (χ2n) is 7.64. The molecule has 3 rings (SSSR count). The summed E-state index contributed by atoms with van der Waals surface area (Å²) in [4.78, 5) is 24.4. The maximum Gasteiger partial charge on any atom is 0.247 e. The van der Waals surface area contributed by atoms with E-state index in [0.29, 0.717) is 19.3 Å². The SMILES string of the molecule is CC(C(=O)N[C@@H]1C[C@@H](NC(=O)CCC2CCCO2)C[C@H]1O)=C1CCC1. The second kappa shape index (κ2) is 8.32. The molecule has 1 heterocycles. The highest BCUT2D eigenvalue weighted by Crippen LogP contribution is 2.29. The van der Waals surface area contributed by atoms with Crippen LogP contribution in [0.4, 0.5) is 0 Å². The maximum absolute atomic E-state index is 12.3. The Morgan fingerprint density at radius 1 is 1.20 bits per heavy atom. The van der Waals surface area contributed by atoms with Crippen LogP contribution in [0.3, 0.4) is 0 Å². The zero-order chi connectivity index (χ0) is 17.8. The van der Waals surface area contributed by atoms with Crippen LogP contribution in [0.1, 0.15) is 64.7 Å². The first kappa shape index (κ1) is 18.4. The van der Waals surface area contributed by atoms with E-state index in [4.69, 9.17) is 4.74 Å². The summed E-state index contributed by atoms with van der Waals surface area (Å²) in [6.45, 7) is 2.66. The monoisotopic (exact) mass is 350 g/mol. The minimum absolute atomic E-state index is 0.00689. The van der Waals surface area contributed by atoms with Gasteiger partial charge in [0, 0.05) is 24.6 Å². The van der Waals surface area contributed by atoms with Crippen molar-refractivity contribution < 1.29 is 19.4 Å². The molecule has 6 nitrogen and oxygen atoms in total. The van der Waals surface area contributed by atoms with Crippen LogP contribution in [-0.2, 0) is 14.3 Å². The summed E-state index contributed by atoms with van der Waals surface area (Å²) < 4.78 is 5.54. The molecule has 1 unspecified atom stereocenters. The van der Waals surface area contributed by atoms with E-state index in [9.17, 15) is 14.7 Å². The van der Waals surface area contributed by atoms with Gasteiger partial charge in [0.1, 0.15) is 0 Å². The van der Waals surface area contributed by atoms with Gasteiger partial charge in [-0.05, 0) is 58.3 Å². The van der Waals surface area contributed by atoms with E-state index in [-0.39, 0.29) is 30.0 Å². The van der Waals surface area contributed by atoms with Crippen LogP contribution in [0, 0.1) is 0 Å². The Balaban J connectivity index is 1.41. The van der Waals surface area contributed by atoms with E-state index in [1.54, 1.807) is 0 Å². The normalized spacial score (nSPS) is 31.5. The Morgan fingerprint density at radius 3 is 2.64 bits per heavy atom. The van der Waals surface area contributed by atoms with Gasteiger partial charge in [0.15, 0.2) is 0 Å². The van der Waals surface area contributed by atoms with Crippen LogP contribution < -0.4 is 10.6 Å². The summed E-state index contributed by atoms with van der Waals surface area (Å²) in [6, 6.07) is -0.361. The van der Waals surface area contributed by atoms with E-state index >= 15 is 0 Å². The Morgan fingerprint density at radius 2 is 2.00 bits per heavy atom. The third kappa shape index (κ3) is 4.82. The molecule has 2 saturated carbocycles. The highest BCUT2D eigenvalue weighted by atomic mass is 16.5. The molecule has 2 amide bonds. The van der Waals surface area contributed by atoms with E-state index in [1.807, 2.05) is 6.92 Å². The Bertz CT molecular complexity index is 534. The molecule has 4 atom stereocenters. The molecule has 0 aromatic heterocycles. The molecular formula is C19H30N2O4. The molecule has 0 bridgehead atoms. The minimum Gasteiger partial charge on any atom is -0.391 e. The van der Waals surface area contributed by atoms with Gasteiger partial charge in [-0.1, -0.05) is 5.57 Å². The first-order valence-corrected chi connectivity index (χ1v) is 9.61. The number of carbonyl (C=O) groups excluding carboxylic acids is 2. The van der Waals surface area contributed by atoms with Gasteiger partial charge < -0.3 is 20.5 Å². The summed E-state index contributed by atoms with van der Waals surface area (Å²) in [7, 11) is 0. The van der Waals surface area contributed by atoms with Crippen LogP contribution in [0.2, 0.25) is 0 Å². The fraction of sp³-hybridized carbons (Fsp3) is 0.789. The summed E-state index contributed by atoms with van der Waals surface area (Å²) in [6.07, 6.45) is 7.20. The van der Waals surface area contributed by atoms with Gasteiger partial charge in [-0.2, -0.15) is 0 Å². The summed E-state index contributed by atoms with van der Waals surface area (Å²) >= 11 is 0. The first-order valence-electron chi connectivity index (χ1n) is 9.61. The minimum atomic E-state index is -0.605. The molecule has 1 aliphatic heterocycles. The van der Waals surface area contributed by atoms with Gasteiger partial charge in [0.2, 0.25) is 11.8 Å². The first-order chi connectivity index (χ1) is 12.0. The number of allylic oxidation sites excluding steroid dienone is 1. The standard InChI is InChI=1S/C19H30N2O4/c1-12(13-4-2-5-13)19(24)21-16-10-14(11-17(16)22)20-18(23)8-7-15-6-3-9-25-15/h14-17,22H,2-11H2,1H3,(H,20,23)(H,21,24)/t14-,15?,16-,17-/m1/s1. The predicted octanol–water partition coefficient (Wildman–Crippen LogP) is 1.57. The van der Waals surface area contributed by atoms with Crippen molar-refractivity contribution in [3.05, 3.63) is 11.1 Å². The number of aliphatic hydroxyl groups is 1. The van der Waals surface area contributed by atoms with Gasteiger partial charge in [0.05, 0.1) is 18.2 Å². The molecule has 0 spiro atoms. The number of nitrogens with one attached hydrogen (secondary N) is 2. The van der Waals surface area contributed by atoms with Gasteiger partial charge in [-0.3, -0.25) is 9.59 Å². The summed E-state index contributed by atoms with van der Waals surface area (Å²) in [5, 5.41) is 16.1. The topological polar surface area (TPSA) is 87.7 Å². The van der Waals surface area contributed by atoms with Crippen LogP contribution >= 0.6 is 0 Å². The Kier molecular flexibility index (Phi) is 6.12. The highest BCUT2D eigenvalue weighted by molar-refractivity contribution is 5.94. The van der Waals surface area contributed by atoms with Gasteiger partial charge in [0.25, 0.3) is 0 Å². The third-order valence-electron chi connectivity index (χ3n) is 5.76. The van der Waals surface area contributed by atoms with Crippen molar-refractivity contribution in [2.24, 2.45) is 0 Å². The predicted molar refractivity (Wildman–Crippen MR) is 93.9 cm³/mol. The largest absolute Gasteiger partial charge is 0.391 e. The molecule has 3 fully saturated rings. The van der Waals surface area contributed by atoms with Crippen molar-refractivity contribution >= 4 is 11.8 Å². The van der Waals surface area contributed by atoms with Crippen LogP contribution in [0.25, 0.3) is 0 Å². The number of ether oxygens (including phenoxy) is 1. The smallest absolute Gasteiger partial charge is 0.247 e. The van der Waals surface area contributed by atoms with Crippen molar-refractivity contribution in [1.29, 1.82) is 0 Å². The van der Waals surface area contributed by atoms with Crippen LogP contribution in [-0.4, -0.2) is 47.8 Å². The Hall–Kier alpha value is -1.40. The van der Waals surface area contributed by atoms with E-state index in [1.165, 1.54) is 5.57 Å². The van der Waals surface area contributed by atoms with E-state index in [0.717, 1.165) is 50.7 Å². The van der Waals surface area contributed by atoms with Crippen molar-refractivity contribution in [2.75, 3.05) is 6.61 Å². The molecule has 1 saturated heterocycles. The second-order valence-corrected chi connectivity index (χ2v) is 7.64. The lowest BCUT2D eigenvalue weighted by atomic mass is 9.88. The third-order valence-corrected chi connectivity index (χ3v) is 5.76. The molecule has 25 heavy (non-hydrogen) atoms. The highest BCUT2D eigenvalue weighted by Gasteiger charge is 2.35. The molecule has 3 N–H and O–H groups in total. The van der Waals surface area contributed by atoms with E-state index < -0.39 is 6.10 Å².